The van der Waals surface area contributed by atoms with Gasteiger partial charge in [0.2, 0.25) is 0 Å². The zero-order chi connectivity index (χ0) is 23.6. The lowest BCUT2D eigenvalue weighted by molar-refractivity contribution is 0.477. The van der Waals surface area contributed by atoms with Gasteiger partial charge in [0.25, 0.3) is 0 Å². The number of nitrogens with zero attached hydrogens (tertiary/aromatic N) is 2. The van der Waals surface area contributed by atoms with Crippen molar-refractivity contribution >= 4 is 44.3 Å². The molecule has 0 saturated heterocycles. The minimum Gasteiger partial charge on any atom is -0.382 e. The van der Waals surface area contributed by atoms with Gasteiger partial charge in [0.05, 0.1) is 16.6 Å². The predicted molar refractivity (Wildman–Crippen MR) is 134 cm³/mol. The van der Waals surface area contributed by atoms with E-state index in [1.165, 1.54) is 0 Å². The molecule has 4 aromatic rings. The summed E-state index contributed by atoms with van der Waals surface area (Å²) in [7, 11) is -3.62. The SMILES string of the molecule is Cc1ccc(Sc2ccc(OS(=O)(=O)C(C)C)cc2)c(Nc2ccnc3nc(C)ccc23)c1. The standard InChI is InChI=1S/C25H25N3O3S2/c1-16(2)33(29,30)31-19-7-9-20(10-8-19)32-24-12-5-17(3)15-23(24)28-22-13-14-26-25-21(22)11-6-18(4)27-25/h5-16H,1-4H3,(H,26,27,28). The Hall–Kier alpha value is -3.10. The maximum atomic E-state index is 12.0. The minimum atomic E-state index is -3.62. The molecule has 0 fully saturated rings. The van der Waals surface area contributed by atoms with Gasteiger partial charge in [0.15, 0.2) is 5.65 Å². The van der Waals surface area contributed by atoms with Crippen molar-refractivity contribution in [3.05, 3.63) is 78.1 Å². The number of anilines is 2. The van der Waals surface area contributed by atoms with E-state index in [4.69, 9.17) is 4.18 Å². The van der Waals surface area contributed by atoms with E-state index in [9.17, 15) is 8.42 Å². The molecule has 8 heteroatoms. The number of nitrogens with one attached hydrogen (secondary N) is 1. The number of fused-ring (bicyclic) bond motifs is 1. The fraction of sp³-hybridized carbons (Fsp3) is 0.200. The smallest absolute Gasteiger partial charge is 0.311 e. The molecule has 0 atom stereocenters. The average Bonchev–Trinajstić information content (AvgIpc) is 2.76. The summed E-state index contributed by atoms with van der Waals surface area (Å²) in [4.78, 5) is 10.9. The summed E-state index contributed by atoms with van der Waals surface area (Å²) >= 11 is 1.58. The molecule has 1 N–H and O–H groups in total. The first-order chi connectivity index (χ1) is 15.7. The first-order valence-corrected chi connectivity index (χ1v) is 12.8. The van der Waals surface area contributed by atoms with Crippen molar-refractivity contribution < 1.29 is 12.6 Å². The van der Waals surface area contributed by atoms with E-state index in [-0.39, 0.29) is 0 Å². The van der Waals surface area contributed by atoms with Crippen LogP contribution < -0.4 is 9.50 Å². The van der Waals surface area contributed by atoms with Gasteiger partial charge in [0, 0.05) is 27.1 Å². The summed E-state index contributed by atoms with van der Waals surface area (Å²) in [5.41, 5.74) is 4.66. The number of hydrogen-bond acceptors (Lipinski definition) is 7. The van der Waals surface area contributed by atoms with Crippen LogP contribution in [-0.4, -0.2) is 23.6 Å². The molecule has 170 valence electrons. The monoisotopic (exact) mass is 479 g/mol. The fourth-order valence-corrected chi connectivity index (χ4v) is 4.58. The van der Waals surface area contributed by atoms with Crippen LogP contribution in [0.2, 0.25) is 0 Å². The Balaban J connectivity index is 1.60. The molecule has 2 aromatic carbocycles. The minimum absolute atomic E-state index is 0.307. The molecule has 2 heterocycles. The molecule has 4 rings (SSSR count). The van der Waals surface area contributed by atoms with Crippen LogP contribution in [0.5, 0.6) is 5.75 Å². The number of pyridine rings is 2. The normalized spacial score (nSPS) is 11.7. The van der Waals surface area contributed by atoms with Crippen LogP contribution in [-0.2, 0) is 10.1 Å². The Morgan fingerprint density at radius 3 is 2.42 bits per heavy atom. The van der Waals surface area contributed by atoms with Crippen LogP contribution in [0.25, 0.3) is 11.0 Å². The Morgan fingerprint density at radius 1 is 0.939 bits per heavy atom. The molecule has 0 bridgehead atoms. The van der Waals surface area contributed by atoms with Crippen molar-refractivity contribution in [1.29, 1.82) is 0 Å². The van der Waals surface area contributed by atoms with Gasteiger partial charge in [-0.15, -0.1) is 0 Å². The van der Waals surface area contributed by atoms with Gasteiger partial charge >= 0.3 is 10.1 Å². The lowest BCUT2D eigenvalue weighted by atomic mass is 10.2. The summed E-state index contributed by atoms with van der Waals surface area (Å²) in [6, 6.07) is 19.2. The molecule has 0 radical (unpaired) electrons. The van der Waals surface area contributed by atoms with E-state index in [0.29, 0.717) is 11.4 Å². The molecule has 0 aliphatic heterocycles. The zero-order valence-electron chi connectivity index (χ0n) is 18.9. The molecule has 6 nitrogen and oxygen atoms in total. The second-order valence-corrected chi connectivity index (χ2v) is 11.2. The largest absolute Gasteiger partial charge is 0.382 e. The highest BCUT2D eigenvalue weighted by Crippen LogP contribution is 2.37. The predicted octanol–water partition coefficient (Wildman–Crippen LogP) is 6.26. The van der Waals surface area contributed by atoms with Crippen molar-refractivity contribution in [3.63, 3.8) is 0 Å². The molecular weight excluding hydrogens is 454 g/mol. The Bertz CT molecular complexity index is 1400. The van der Waals surface area contributed by atoms with Gasteiger partial charge in [-0.05, 0) is 87.9 Å². The number of hydrogen-bond donors (Lipinski definition) is 1. The molecule has 0 aliphatic rings. The molecule has 0 saturated carbocycles. The van der Waals surface area contributed by atoms with Gasteiger partial charge in [0.1, 0.15) is 5.75 Å². The third-order valence-electron chi connectivity index (χ3n) is 4.99. The van der Waals surface area contributed by atoms with E-state index in [1.807, 2.05) is 37.3 Å². The van der Waals surface area contributed by atoms with E-state index < -0.39 is 15.4 Å². The molecular formula is C25H25N3O3S2. The van der Waals surface area contributed by atoms with Crippen molar-refractivity contribution in [3.8, 4) is 5.75 Å². The van der Waals surface area contributed by atoms with Crippen LogP contribution in [0.4, 0.5) is 11.4 Å². The lowest BCUT2D eigenvalue weighted by Gasteiger charge is -2.15. The highest BCUT2D eigenvalue weighted by atomic mass is 32.2. The molecule has 0 amide bonds. The van der Waals surface area contributed by atoms with Crippen LogP contribution in [0.3, 0.4) is 0 Å². The summed E-state index contributed by atoms with van der Waals surface area (Å²) in [6.45, 7) is 7.19. The van der Waals surface area contributed by atoms with Gasteiger partial charge in [-0.3, -0.25) is 0 Å². The first-order valence-electron chi connectivity index (χ1n) is 10.5. The maximum absolute atomic E-state index is 12.0. The maximum Gasteiger partial charge on any atom is 0.311 e. The Morgan fingerprint density at radius 2 is 1.70 bits per heavy atom. The number of aryl methyl sites for hydroxylation is 2. The van der Waals surface area contributed by atoms with E-state index in [1.54, 1.807) is 43.9 Å². The van der Waals surface area contributed by atoms with Gasteiger partial charge < -0.3 is 9.50 Å². The average molecular weight is 480 g/mol. The van der Waals surface area contributed by atoms with Crippen LogP contribution in [0.1, 0.15) is 25.1 Å². The quantitative estimate of drug-likeness (QED) is 0.313. The van der Waals surface area contributed by atoms with E-state index in [0.717, 1.165) is 37.8 Å². The zero-order valence-corrected chi connectivity index (χ0v) is 20.5. The second kappa shape index (κ2) is 9.41. The van der Waals surface area contributed by atoms with E-state index in [2.05, 4.69) is 40.4 Å². The third kappa shape index (κ3) is 5.46. The van der Waals surface area contributed by atoms with Crippen molar-refractivity contribution in [2.45, 2.75) is 42.7 Å². The second-order valence-electron chi connectivity index (χ2n) is 8.01. The fourth-order valence-electron chi connectivity index (χ4n) is 3.13. The third-order valence-corrected chi connectivity index (χ3v) is 7.65. The highest BCUT2D eigenvalue weighted by molar-refractivity contribution is 7.99. The van der Waals surface area contributed by atoms with Crippen molar-refractivity contribution in [2.24, 2.45) is 0 Å². The Kier molecular flexibility index (Phi) is 6.58. The molecule has 2 aromatic heterocycles. The van der Waals surface area contributed by atoms with Gasteiger partial charge in [-0.2, -0.15) is 8.42 Å². The number of benzene rings is 2. The highest BCUT2D eigenvalue weighted by Gasteiger charge is 2.18. The molecule has 0 aliphatic carbocycles. The topological polar surface area (TPSA) is 81.2 Å². The number of rotatable bonds is 7. The summed E-state index contributed by atoms with van der Waals surface area (Å²) in [5, 5.41) is 3.90. The van der Waals surface area contributed by atoms with Crippen molar-refractivity contribution in [2.75, 3.05) is 5.32 Å². The molecule has 0 unspecified atom stereocenters. The van der Waals surface area contributed by atoms with Gasteiger partial charge in [-0.25, -0.2) is 9.97 Å². The van der Waals surface area contributed by atoms with Crippen LogP contribution in [0.15, 0.2) is 76.7 Å². The van der Waals surface area contributed by atoms with Gasteiger partial charge in [-0.1, -0.05) is 17.8 Å². The molecule has 33 heavy (non-hydrogen) atoms. The summed E-state index contributed by atoms with van der Waals surface area (Å²) in [5.74, 6) is 0.307. The lowest BCUT2D eigenvalue weighted by Crippen LogP contribution is -2.19. The van der Waals surface area contributed by atoms with Crippen molar-refractivity contribution in [1.82, 2.24) is 9.97 Å². The number of aromatic nitrogens is 2. The van der Waals surface area contributed by atoms with E-state index >= 15 is 0 Å². The Labute approximate surface area is 198 Å². The first kappa shape index (κ1) is 23.1. The van der Waals surface area contributed by atoms with Crippen LogP contribution >= 0.6 is 11.8 Å². The summed E-state index contributed by atoms with van der Waals surface area (Å²) in [6.07, 6.45) is 1.75. The molecule has 0 spiro atoms. The van der Waals surface area contributed by atoms with Crippen LogP contribution in [0, 0.1) is 13.8 Å². The summed E-state index contributed by atoms with van der Waals surface area (Å²) < 4.78 is 29.2.